The van der Waals surface area contributed by atoms with Gasteiger partial charge in [0.25, 0.3) is 17.5 Å². The first-order valence-corrected chi connectivity index (χ1v) is 10.6. The van der Waals surface area contributed by atoms with Gasteiger partial charge < -0.3 is 16.0 Å². The predicted molar refractivity (Wildman–Crippen MR) is 114 cm³/mol. The van der Waals surface area contributed by atoms with Crippen molar-refractivity contribution in [3.8, 4) is 0 Å². The third kappa shape index (κ3) is 3.53. The van der Waals surface area contributed by atoms with Gasteiger partial charge in [-0.25, -0.2) is 0 Å². The second-order valence-electron chi connectivity index (χ2n) is 6.81. The molecular formula is C19H16N4O5S2. The van der Waals surface area contributed by atoms with Crippen LogP contribution in [-0.4, -0.2) is 34.1 Å². The maximum absolute atomic E-state index is 12.8. The van der Waals surface area contributed by atoms with E-state index in [1.165, 1.54) is 41.7 Å². The van der Waals surface area contributed by atoms with Crippen LogP contribution in [0.1, 0.15) is 37.4 Å². The van der Waals surface area contributed by atoms with Crippen molar-refractivity contribution in [1.82, 2.24) is 4.90 Å². The van der Waals surface area contributed by atoms with Crippen LogP contribution in [0.25, 0.3) is 10.1 Å². The average Bonchev–Trinajstić information content (AvgIpc) is 3.27. The molecule has 3 aromatic rings. The van der Waals surface area contributed by atoms with Gasteiger partial charge in [-0.2, -0.15) is 0 Å². The Morgan fingerprint density at radius 2 is 2.00 bits per heavy atom. The number of non-ortho nitro benzene ring substituents is 1. The first-order valence-electron chi connectivity index (χ1n) is 8.93. The number of nitrogens with zero attached hydrogens (tertiary/aromatic N) is 2. The molecule has 1 aliphatic rings. The maximum atomic E-state index is 12.8. The number of amides is 3. The topological polar surface area (TPSA) is 136 Å². The Balaban J connectivity index is 1.65. The summed E-state index contributed by atoms with van der Waals surface area (Å²) < 4.78 is 0.739. The van der Waals surface area contributed by atoms with Crippen LogP contribution < -0.4 is 11.1 Å². The van der Waals surface area contributed by atoms with E-state index >= 15 is 0 Å². The number of rotatable bonds is 4. The van der Waals surface area contributed by atoms with Crippen molar-refractivity contribution in [2.24, 2.45) is 5.73 Å². The molecule has 154 valence electrons. The quantitative estimate of drug-likeness (QED) is 0.471. The van der Waals surface area contributed by atoms with Crippen molar-refractivity contribution < 1.29 is 19.3 Å². The fourth-order valence-electron chi connectivity index (χ4n) is 3.44. The molecule has 0 unspecified atom stereocenters. The molecule has 11 heteroatoms. The van der Waals surface area contributed by atoms with E-state index in [0.29, 0.717) is 34.8 Å². The summed E-state index contributed by atoms with van der Waals surface area (Å²) in [5.74, 6) is -1.12. The van der Waals surface area contributed by atoms with Crippen molar-refractivity contribution >= 4 is 61.2 Å². The standard InChI is InChI=1S/C19H16N4O5S2/c1-9(24)22-5-4-12-15(8-22)30-19(16(12)17(20)25)21-18(26)14-7-10-6-11(23(27)28)2-3-13(10)29-14/h2-3,6-7H,4-5,8H2,1H3,(H2,20,25)(H,21,26). The summed E-state index contributed by atoms with van der Waals surface area (Å²) in [6.07, 6.45) is 0.492. The van der Waals surface area contributed by atoms with Gasteiger partial charge in [0.15, 0.2) is 0 Å². The minimum atomic E-state index is -0.633. The summed E-state index contributed by atoms with van der Waals surface area (Å²) >= 11 is 2.44. The van der Waals surface area contributed by atoms with Crippen LogP contribution in [0.4, 0.5) is 10.7 Å². The molecule has 3 N–H and O–H groups in total. The average molecular weight is 444 g/mol. The highest BCUT2D eigenvalue weighted by atomic mass is 32.1. The highest BCUT2D eigenvalue weighted by Gasteiger charge is 2.29. The Kier molecular flexibility index (Phi) is 5.00. The zero-order valence-electron chi connectivity index (χ0n) is 15.8. The van der Waals surface area contributed by atoms with Gasteiger partial charge in [0.05, 0.1) is 21.9 Å². The SMILES string of the molecule is CC(=O)N1CCc2c(sc(NC(=O)c3cc4cc([N+](=O)[O-])ccc4s3)c2C(N)=O)C1. The van der Waals surface area contributed by atoms with E-state index in [9.17, 15) is 24.5 Å². The monoisotopic (exact) mass is 444 g/mol. The lowest BCUT2D eigenvalue weighted by Crippen LogP contribution is -2.34. The highest BCUT2D eigenvalue weighted by Crippen LogP contribution is 2.38. The number of carbonyl (C=O) groups excluding carboxylic acids is 3. The first kappa shape index (κ1) is 20.0. The number of primary amides is 1. The van der Waals surface area contributed by atoms with E-state index in [-0.39, 0.29) is 17.2 Å². The lowest BCUT2D eigenvalue weighted by Gasteiger charge is -2.25. The fraction of sp³-hybridized carbons (Fsp3) is 0.211. The number of fused-ring (bicyclic) bond motifs is 2. The summed E-state index contributed by atoms with van der Waals surface area (Å²) in [5, 5.41) is 14.7. The maximum Gasteiger partial charge on any atom is 0.270 e. The van der Waals surface area contributed by atoms with Crippen molar-refractivity contribution in [3.63, 3.8) is 0 Å². The number of anilines is 1. The minimum absolute atomic E-state index is 0.0516. The van der Waals surface area contributed by atoms with Crippen LogP contribution in [0.5, 0.6) is 0 Å². The van der Waals surface area contributed by atoms with Crippen molar-refractivity contribution in [1.29, 1.82) is 0 Å². The molecule has 0 saturated carbocycles. The number of hydrogen-bond acceptors (Lipinski definition) is 7. The Morgan fingerprint density at radius 3 is 2.67 bits per heavy atom. The molecule has 0 atom stereocenters. The molecule has 3 heterocycles. The molecular weight excluding hydrogens is 428 g/mol. The first-order chi connectivity index (χ1) is 14.2. The number of nitro benzene ring substituents is 1. The molecule has 2 aromatic heterocycles. The number of hydrogen-bond donors (Lipinski definition) is 2. The Bertz CT molecular complexity index is 1230. The zero-order valence-corrected chi connectivity index (χ0v) is 17.4. The summed E-state index contributed by atoms with van der Waals surface area (Å²) in [6, 6.07) is 5.98. The third-order valence-electron chi connectivity index (χ3n) is 4.91. The minimum Gasteiger partial charge on any atom is -0.365 e. The van der Waals surface area contributed by atoms with Gasteiger partial charge in [-0.1, -0.05) is 0 Å². The van der Waals surface area contributed by atoms with E-state index in [2.05, 4.69) is 5.32 Å². The normalized spacial score (nSPS) is 13.2. The zero-order chi connectivity index (χ0) is 21.6. The van der Waals surface area contributed by atoms with E-state index in [4.69, 9.17) is 5.73 Å². The van der Waals surface area contributed by atoms with E-state index in [1.54, 1.807) is 17.0 Å². The Morgan fingerprint density at radius 1 is 1.23 bits per heavy atom. The second kappa shape index (κ2) is 7.50. The molecule has 0 saturated heterocycles. The number of thiophene rings is 2. The van der Waals surface area contributed by atoms with Crippen molar-refractivity contribution in [3.05, 3.63) is 55.3 Å². The fourth-order valence-corrected chi connectivity index (χ4v) is 5.64. The van der Waals surface area contributed by atoms with Crippen LogP contribution in [0.3, 0.4) is 0 Å². The number of benzene rings is 1. The van der Waals surface area contributed by atoms with Gasteiger partial charge in [-0.3, -0.25) is 24.5 Å². The predicted octanol–water partition coefficient (Wildman–Crippen LogP) is 3.13. The van der Waals surface area contributed by atoms with Crippen LogP contribution >= 0.6 is 22.7 Å². The second-order valence-corrected chi connectivity index (χ2v) is 9.00. The summed E-state index contributed by atoms with van der Waals surface area (Å²) in [6.45, 7) is 2.35. The van der Waals surface area contributed by atoms with E-state index in [1.807, 2.05) is 0 Å². The van der Waals surface area contributed by atoms with E-state index in [0.717, 1.165) is 15.1 Å². The molecule has 0 aliphatic carbocycles. The van der Waals surface area contributed by atoms with Gasteiger partial charge in [-0.15, -0.1) is 22.7 Å². The van der Waals surface area contributed by atoms with Crippen LogP contribution in [0.15, 0.2) is 24.3 Å². The number of nitrogens with two attached hydrogens (primary N) is 1. The molecule has 3 amide bonds. The molecule has 0 spiro atoms. The molecule has 9 nitrogen and oxygen atoms in total. The number of nitro groups is 1. The van der Waals surface area contributed by atoms with Crippen molar-refractivity contribution in [2.75, 3.05) is 11.9 Å². The number of carbonyl (C=O) groups is 3. The third-order valence-corrected chi connectivity index (χ3v) is 7.16. The molecule has 30 heavy (non-hydrogen) atoms. The van der Waals surface area contributed by atoms with Crippen LogP contribution in [-0.2, 0) is 17.8 Å². The van der Waals surface area contributed by atoms with Gasteiger partial charge >= 0.3 is 0 Å². The molecule has 4 rings (SSSR count). The lowest BCUT2D eigenvalue weighted by molar-refractivity contribution is -0.384. The Labute approximate surface area is 178 Å². The largest absolute Gasteiger partial charge is 0.365 e. The molecule has 0 bridgehead atoms. The van der Waals surface area contributed by atoms with Crippen LogP contribution in [0, 0.1) is 10.1 Å². The molecule has 0 radical (unpaired) electrons. The van der Waals surface area contributed by atoms with Crippen molar-refractivity contribution in [2.45, 2.75) is 19.9 Å². The van der Waals surface area contributed by atoms with Gasteiger partial charge in [0.1, 0.15) is 5.00 Å². The van der Waals surface area contributed by atoms with E-state index < -0.39 is 16.7 Å². The van der Waals surface area contributed by atoms with Gasteiger partial charge in [0, 0.05) is 40.6 Å². The molecule has 1 aliphatic heterocycles. The smallest absolute Gasteiger partial charge is 0.270 e. The summed E-state index contributed by atoms with van der Waals surface area (Å²) in [7, 11) is 0. The highest BCUT2D eigenvalue weighted by molar-refractivity contribution is 7.21. The molecule has 0 fully saturated rings. The Hall–Kier alpha value is -3.31. The summed E-state index contributed by atoms with van der Waals surface area (Å²) in [4.78, 5) is 49.9. The summed E-state index contributed by atoms with van der Waals surface area (Å²) in [5.41, 5.74) is 6.57. The van der Waals surface area contributed by atoms with Crippen LogP contribution in [0.2, 0.25) is 0 Å². The van der Waals surface area contributed by atoms with Gasteiger partial charge in [0.2, 0.25) is 5.91 Å². The number of nitrogens with one attached hydrogen (secondary N) is 1. The lowest BCUT2D eigenvalue weighted by atomic mass is 10.0. The molecule has 1 aromatic carbocycles. The van der Waals surface area contributed by atoms with Gasteiger partial charge in [-0.05, 0) is 24.1 Å².